The maximum Gasteiger partial charge on any atom is 0.169 e. The Morgan fingerprint density at radius 2 is 1.87 bits per heavy atom. The van der Waals surface area contributed by atoms with Gasteiger partial charge in [0.15, 0.2) is 6.29 Å². The third-order valence-corrected chi connectivity index (χ3v) is 2.46. The molecule has 2 rings (SSSR count). The molecular formula is C6H8N6O3. The zero-order valence-electron chi connectivity index (χ0n) is 7.54. The summed E-state index contributed by atoms with van der Waals surface area (Å²) in [4.78, 5) is 5.21. The average molecular weight is 212 g/mol. The van der Waals surface area contributed by atoms with E-state index in [2.05, 4.69) is 20.1 Å². The lowest BCUT2D eigenvalue weighted by atomic mass is 9.98. The Hall–Kier alpha value is -1.50. The third-order valence-electron chi connectivity index (χ3n) is 2.46. The summed E-state index contributed by atoms with van der Waals surface area (Å²) in [5.41, 5.74) is 16.6. The van der Waals surface area contributed by atoms with Crippen LogP contribution in [0.5, 0.6) is 0 Å². The number of hydrogen-bond acceptors (Lipinski definition) is 5. The fourth-order valence-electron chi connectivity index (χ4n) is 1.77. The molecule has 2 saturated heterocycles. The second-order valence-corrected chi connectivity index (χ2v) is 3.26. The van der Waals surface area contributed by atoms with Crippen LogP contribution in [-0.2, 0) is 9.47 Å². The van der Waals surface area contributed by atoms with Crippen molar-refractivity contribution in [2.24, 2.45) is 10.2 Å². The largest absolute Gasteiger partial charge is 0.392 e. The van der Waals surface area contributed by atoms with Crippen LogP contribution in [-0.4, -0.2) is 42.3 Å². The highest BCUT2D eigenvalue weighted by Gasteiger charge is 2.49. The van der Waals surface area contributed by atoms with E-state index in [9.17, 15) is 5.11 Å². The topological polar surface area (TPSA) is 136 Å². The lowest BCUT2D eigenvalue weighted by Crippen LogP contribution is -2.51. The van der Waals surface area contributed by atoms with Gasteiger partial charge < -0.3 is 14.6 Å². The molecule has 2 aliphatic rings. The van der Waals surface area contributed by atoms with E-state index >= 15 is 0 Å². The Bertz CT molecular complexity index is 317. The first-order chi connectivity index (χ1) is 7.27. The fraction of sp³-hybridized carbons (Fsp3) is 1.00. The number of aliphatic hydroxyl groups excluding tert-OH is 1. The molecule has 9 nitrogen and oxygen atoms in total. The zero-order valence-corrected chi connectivity index (χ0v) is 7.54. The Balaban J connectivity index is 2.27. The SMILES string of the molecule is [N-]=[N+]=N[C@H]1[C@@H]2OC[C@@H](O2)[C@@H](N=[N+]=[N-])[C@@H]1O. The first-order valence-electron chi connectivity index (χ1n) is 4.31. The summed E-state index contributed by atoms with van der Waals surface area (Å²) in [6, 6.07) is -1.64. The van der Waals surface area contributed by atoms with Gasteiger partial charge in [0, 0.05) is 9.82 Å². The van der Waals surface area contributed by atoms with Crippen molar-refractivity contribution >= 4 is 0 Å². The maximum absolute atomic E-state index is 9.78. The van der Waals surface area contributed by atoms with Gasteiger partial charge in [-0.15, -0.1) is 0 Å². The summed E-state index contributed by atoms with van der Waals surface area (Å²) < 4.78 is 10.4. The van der Waals surface area contributed by atoms with E-state index < -0.39 is 30.6 Å². The van der Waals surface area contributed by atoms with Gasteiger partial charge in [0.25, 0.3) is 0 Å². The molecule has 0 aliphatic carbocycles. The lowest BCUT2D eigenvalue weighted by molar-refractivity contribution is -0.138. The van der Waals surface area contributed by atoms with Crippen LogP contribution in [0.1, 0.15) is 0 Å². The number of azide groups is 2. The van der Waals surface area contributed by atoms with E-state index in [1.54, 1.807) is 0 Å². The van der Waals surface area contributed by atoms with E-state index in [1.807, 2.05) is 0 Å². The standard InChI is InChI=1S/C6H8N6O3/c7-11-9-3-2-1-14-6(15-2)4(5(3)13)10-12-8/h2-6,13H,1H2/t2-,3-,4-,5+,6-/m1/s1. The van der Waals surface area contributed by atoms with Gasteiger partial charge in [0.05, 0.1) is 24.9 Å². The highest BCUT2D eigenvalue weighted by Crippen LogP contribution is 2.31. The van der Waals surface area contributed by atoms with Crippen LogP contribution in [0, 0.1) is 0 Å². The molecule has 9 heteroatoms. The van der Waals surface area contributed by atoms with Crippen LogP contribution in [0.25, 0.3) is 20.9 Å². The van der Waals surface area contributed by atoms with Gasteiger partial charge in [-0.25, -0.2) is 0 Å². The highest BCUT2D eigenvalue weighted by atomic mass is 16.7. The summed E-state index contributed by atoms with van der Waals surface area (Å²) in [6.45, 7) is 0.225. The minimum absolute atomic E-state index is 0.225. The molecule has 2 heterocycles. The lowest BCUT2D eigenvalue weighted by Gasteiger charge is -2.33. The van der Waals surface area contributed by atoms with Gasteiger partial charge in [0.1, 0.15) is 6.04 Å². The number of nitrogens with zero attached hydrogens (tertiary/aromatic N) is 6. The summed E-state index contributed by atoms with van der Waals surface area (Å²) in [6.07, 6.45) is -2.28. The van der Waals surface area contributed by atoms with Crippen LogP contribution < -0.4 is 0 Å². The normalized spacial score (nSPS) is 42.9. The molecule has 0 saturated carbocycles. The quantitative estimate of drug-likeness (QED) is 0.404. The van der Waals surface area contributed by atoms with E-state index in [4.69, 9.17) is 20.5 Å². The van der Waals surface area contributed by atoms with Crippen molar-refractivity contribution in [3.8, 4) is 0 Å². The maximum atomic E-state index is 9.78. The molecule has 2 bridgehead atoms. The number of hydrogen-bond donors (Lipinski definition) is 1. The van der Waals surface area contributed by atoms with E-state index in [0.29, 0.717) is 0 Å². The molecule has 80 valence electrons. The minimum atomic E-state index is -1.07. The van der Waals surface area contributed by atoms with E-state index in [1.165, 1.54) is 0 Å². The first-order valence-corrected chi connectivity index (χ1v) is 4.31. The predicted molar refractivity (Wildman–Crippen MR) is 46.5 cm³/mol. The fourth-order valence-corrected chi connectivity index (χ4v) is 1.77. The second kappa shape index (κ2) is 3.93. The second-order valence-electron chi connectivity index (χ2n) is 3.26. The first kappa shape index (κ1) is 10.0. The van der Waals surface area contributed by atoms with E-state index in [-0.39, 0.29) is 6.61 Å². The minimum Gasteiger partial charge on any atom is -0.392 e. The summed E-state index contributed by atoms with van der Waals surface area (Å²) in [5, 5.41) is 16.6. The third kappa shape index (κ3) is 1.58. The molecule has 0 radical (unpaired) electrons. The molecular weight excluding hydrogens is 204 g/mol. The molecule has 15 heavy (non-hydrogen) atoms. The Morgan fingerprint density at radius 1 is 1.20 bits per heavy atom. The Labute approximate surface area is 83.8 Å². The van der Waals surface area contributed by atoms with Crippen LogP contribution in [0.3, 0.4) is 0 Å². The monoisotopic (exact) mass is 212 g/mol. The Kier molecular flexibility index (Phi) is 2.63. The molecule has 0 spiro atoms. The van der Waals surface area contributed by atoms with Crippen LogP contribution in [0.2, 0.25) is 0 Å². The van der Waals surface area contributed by atoms with Crippen molar-refractivity contribution in [3.05, 3.63) is 20.9 Å². The summed E-state index contributed by atoms with van der Waals surface area (Å²) in [7, 11) is 0. The molecule has 0 unspecified atom stereocenters. The van der Waals surface area contributed by atoms with Crippen LogP contribution in [0.4, 0.5) is 0 Å². The molecule has 0 amide bonds. The summed E-state index contributed by atoms with van der Waals surface area (Å²) >= 11 is 0. The van der Waals surface area contributed by atoms with Gasteiger partial charge in [0.2, 0.25) is 0 Å². The van der Waals surface area contributed by atoms with Crippen LogP contribution in [0.15, 0.2) is 10.2 Å². The van der Waals surface area contributed by atoms with Gasteiger partial charge in [-0.3, -0.25) is 0 Å². The number of fused-ring (bicyclic) bond motifs is 2. The van der Waals surface area contributed by atoms with Crippen molar-refractivity contribution in [3.63, 3.8) is 0 Å². The van der Waals surface area contributed by atoms with Gasteiger partial charge >= 0.3 is 0 Å². The predicted octanol–water partition coefficient (Wildman–Crippen LogP) is 0.460. The molecule has 0 aromatic rings. The average Bonchev–Trinajstić information content (AvgIpc) is 2.65. The zero-order chi connectivity index (χ0) is 10.8. The van der Waals surface area contributed by atoms with Gasteiger partial charge in [-0.1, -0.05) is 10.2 Å². The van der Waals surface area contributed by atoms with E-state index in [0.717, 1.165) is 0 Å². The molecule has 2 fully saturated rings. The highest BCUT2D eigenvalue weighted by molar-refractivity contribution is 5.00. The van der Waals surface area contributed by atoms with Crippen molar-refractivity contribution in [2.45, 2.75) is 30.6 Å². The number of rotatable bonds is 2. The van der Waals surface area contributed by atoms with Crippen molar-refractivity contribution in [1.82, 2.24) is 0 Å². The molecule has 0 aromatic carbocycles. The molecule has 2 aliphatic heterocycles. The summed E-state index contributed by atoms with van der Waals surface area (Å²) in [5.74, 6) is 0. The van der Waals surface area contributed by atoms with Crippen molar-refractivity contribution in [2.75, 3.05) is 6.61 Å². The molecule has 1 N–H and O–H groups in total. The Morgan fingerprint density at radius 3 is 2.53 bits per heavy atom. The number of aliphatic hydroxyl groups is 1. The molecule has 5 atom stereocenters. The van der Waals surface area contributed by atoms with Gasteiger partial charge in [-0.2, -0.15) is 0 Å². The van der Waals surface area contributed by atoms with Crippen molar-refractivity contribution in [1.29, 1.82) is 0 Å². The van der Waals surface area contributed by atoms with Crippen LogP contribution >= 0.6 is 0 Å². The van der Waals surface area contributed by atoms with Gasteiger partial charge in [-0.05, 0) is 11.1 Å². The number of ether oxygens (including phenoxy) is 2. The molecule has 0 aromatic heterocycles. The van der Waals surface area contributed by atoms with Crippen molar-refractivity contribution < 1.29 is 14.6 Å². The smallest absolute Gasteiger partial charge is 0.169 e.